The van der Waals surface area contributed by atoms with Crippen LogP contribution in [-0.2, 0) is 12.8 Å². The Hall–Kier alpha value is -2.14. The van der Waals surface area contributed by atoms with Gasteiger partial charge in [0.2, 0.25) is 0 Å². The number of anilines is 2. The molecule has 1 aromatic heterocycles. The molecule has 0 fully saturated rings. The quantitative estimate of drug-likeness (QED) is 0.905. The van der Waals surface area contributed by atoms with Crippen LogP contribution in [0.2, 0.25) is 0 Å². The van der Waals surface area contributed by atoms with E-state index in [9.17, 15) is 0 Å². The van der Waals surface area contributed by atoms with Crippen LogP contribution in [-0.4, -0.2) is 30.2 Å². The standard InChI is InChI=1S/C16H20N4O/c1-11-3-5-12(6-4-11)18-15-13-7-9-17-10-8-14(13)19-16(20-15)21-2/h3-6,17H,7-10H2,1-2H3,(H,18,19,20). The molecule has 110 valence electrons. The Morgan fingerprint density at radius 3 is 2.62 bits per heavy atom. The molecule has 5 heteroatoms. The predicted octanol–water partition coefficient (Wildman–Crippen LogP) is 2.23. The maximum Gasteiger partial charge on any atom is 0.318 e. The number of hydrogen-bond acceptors (Lipinski definition) is 5. The van der Waals surface area contributed by atoms with Crippen molar-refractivity contribution in [2.24, 2.45) is 0 Å². The summed E-state index contributed by atoms with van der Waals surface area (Å²) in [5.74, 6) is 0.851. The van der Waals surface area contributed by atoms with Crippen molar-refractivity contribution in [3.63, 3.8) is 0 Å². The molecule has 0 saturated heterocycles. The van der Waals surface area contributed by atoms with Crippen LogP contribution in [0.15, 0.2) is 24.3 Å². The Balaban J connectivity index is 1.97. The molecule has 0 saturated carbocycles. The fourth-order valence-electron chi connectivity index (χ4n) is 2.49. The van der Waals surface area contributed by atoms with Gasteiger partial charge in [0.15, 0.2) is 0 Å². The lowest BCUT2D eigenvalue weighted by atomic mass is 10.1. The second kappa shape index (κ2) is 6.10. The van der Waals surface area contributed by atoms with Crippen molar-refractivity contribution in [2.45, 2.75) is 19.8 Å². The predicted molar refractivity (Wildman–Crippen MR) is 83.3 cm³/mol. The van der Waals surface area contributed by atoms with Crippen molar-refractivity contribution in [1.29, 1.82) is 0 Å². The molecule has 0 unspecified atom stereocenters. The van der Waals surface area contributed by atoms with Gasteiger partial charge < -0.3 is 15.4 Å². The highest BCUT2D eigenvalue weighted by atomic mass is 16.5. The van der Waals surface area contributed by atoms with E-state index >= 15 is 0 Å². The third-order valence-electron chi connectivity index (χ3n) is 3.66. The first-order chi connectivity index (χ1) is 10.3. The van der Waals surface area contributed by atoms with E-state index < -0.39 is 0 Å². The summed E-state index contributed by atoms with van der Waals surface area (Å²) in [5.41, 5.74) is 4.52. The van der Waals surface area contributed by atoms with Crippen molar-refractivity contribution in [3.8, 4) is 6.01 Å². The van der Waals surface area contributed by atoms with Crippen LogP contribution < -0.4 is 15.4 Å². The minimum Gasteiger partial charge on any atom is -0.467 e. The molecule has 1 aromatic carbocycles. The summed E-state index contributed by atoms with van der Waals surface area (Å²) in [4.78, 5) is 8.99. The normalized spacial score (nSPS) is 14.2. The summed E-state index contributed by atoms with van der Waals surface area (Å²) in [7, 11) is 1.60. The first kappa shape index (κ1) is 13.8. The van der Waals surface area contributed by atoms with Crippen molar-refractivity contribution in [2.75, 3.05) is 25.5 Å². The fraction of sp³-hybridized carbons (Fsp3) is 0.375. The smallest absolute Gasteiger partial charge is 0.318 e. The van der Waals surface area contributed by atoms with Crippen LogP contribution in [0.4, 0.5) is 11.5 Å². The van der Waals surface area contributed by atoms with E-state index in [1.54, 1.807) is 7.11 Å². The van der Waals surface area contributed by atoms with Gasteiger partial charge in [-0.15, -0.1) is 0 Å². The third kappa shape index (κ3) is 3.13. The van der Waals surface area contributed by atoms with E-state index in [0.29, 0.717) is 6.01 Å². The second-order valence-electron chi connectivity index (χ2n) is 5.23. The van der Waals surface area contributed by atoms with Gasteiger partial charge in [0, 0.05) is 24.2 Å². The van der Waals surface area contributed by atoms with E-state index in [4.69, 9.17) is 4.74 Å². The molecular weight excluding hydrogens is 264 g/mol. The summed E-state index contributed by atoms with van der Waals surface area (Å²) in [6.07, 6.45) is 1.82. The average molecular weight is 284 g/mol. The van der Waals surface area contributed by atoms with Crippen LogP contribution in [0.3, 0.4) is 0 Å². The lowest BCUT2D eigenvalue weighted by Crippen LogP contribution is -2.16. The van der Waals surface area contributed by atoms with E-state index in [2.05, 4.69) is 51.8 Å². The molecule has 5 nitrogen and oxygen atoms in total. The molecule has 0 radical (unpaired) electrons. The van der Waals surface area contributed by atoms with Crippen molar-refractivity contribution >= 4 is 11.5 Å². The highest BCUT2D eigenvalue weighted by Gasteiger charge is 2.17. The van der Waals surface area contributed by atoms with Gasteiger partial charge in [0.1, 0.15) is 5.82 Å². The van der Waals surface area contributed by atoms with Crippen molar-refractivity contribution < 1.29 is 4.74 Å². The summed E-state index contributed by atoms with van der Waals surface area (Å²) in [6.45, 7) is 3.97. The zero-order valence-electron chi connectivity index (χ0n) is 12.4. The number of hydrogen-bond donors (Lipinski definition) is 2. The molecule has 0 aliphatic carbocycles. The van der Waals surface area contributed by atoms with Gasteiger partial charge in [-0.05, 0) is 32.0 Å². The van der Waals surface area contributed by atoms with E-state index in [1.807, 2.05) is 0 Å². The number of benzene rings is 1. The van der Waals surface area contributed by atoms with Gasteiger partial charge in [-0.2, -0.15) is 9.97 Å². The summed E-state index contributed by atoms with van der Waals surface area (Å²) in [6, 6.07) is 8.71. The van der Waals surface area contributed by atoms with Crippen LogP contribution >= 0.6 is 0 Å². The Labute approximate surface area is 124 Å². The maximum atomic E-state index is 5.24. The molecule has 21 heavy (non-hydrogen) atoms. The van der Waals surface area contributed by atoms with Gasteiger partial charge in [-0.1, -0.05) is 17.7 Å². The minimum atomic E-state index is 0.422. The van der Waals surface area contributed by atoms with Gasteiger partial charge in [0.05, 0.1) is 12.8 Å². The Morgan fingerprint density at radius 1 is 1.10 bits per heavy atom. The molecule has 1 aliphatic heterocycles. The van der Waals surface area contributed by atoms with Crippen LogP contribution in [0, 0.1) is 6.92 Å². The minimum absolute atomic E-state index is 0.422. The van der Waals surface area contributed by atoms with E-state index in [1.165, 1.54) is 11.1 Å². The Morgan fingerprint density at radius 2 is 1.86 bits per heavy atom. The van der Waals surface area contributed by atoms with Crippen LogP contribution in [0.1, 0.15) is 16.8 Å². The number of nitrogens with zero attached hydrogens (tertiary/aromatic N) is 2. The number of rotatable bonds is 3. The SMILES string of the molecule is COc1nc2c(c(Nc3ccc(C)cc3)n1)CCNCC2. The number of aryl methyl sites for hydroxylation is 1. The van der Waals surface area contributed by atoms with Gasteiger partial charge in [-0.3, -0.25) is 0 Å². The molecule has 2 aromatic rings. The van der Waals surface area contributed by atoms with Gasteiger partial charge >= 0.3 is 6.01 Å². The molecule has 0 spiro atoms. The lowest BCUT2D eigenvalue weighted by Gasteiger charge is -2.14. The number of nitrogens with one attached hydrogen (secondary N) is 2. The molecule has 0 atom stereocenters. The first-order valence-electron chi connectivity index (χ1n) is 7.24. The molecule has 1 aliphatic rings. The summed E-state index contributed by atoms with van der Waals surface area (Å²) < 4.78 is 5.24. The molecule has 0 amide bonds. The maximum absolute atomic E-state index is 5.24. The average Bonchev–Trinajstić information content (AvgIpc) is 2.75. The number of ether oxygens (including phenoxy) is 1. The topological polar surface area (TPSA) is 59.1 Å². The zero-order chi connectivity index (χ0) is 14.7. The number of fused-ring (bicyclic) bond motifs is 1. The molecule has 0 bridgehead atoms. The van der Waals surface area contributed by atoms with Crippen LogP contribution in [0.5, 0.6) is 6.01 Å². The largest absolute Gasteiger partial charge is 0.467 e. The summed E-state index contributed by atoms with van der Waals surface area (Å²) in [5, 5.41) is 6.80. The highest BCUT2D eigenvalue weighted by Crippen LogP contribution is 2.25. The van der Waals surface area contributed by atoms with Crippen LogP contribution in [0.25, 0.3) is 0 Å². The fourth-order valence-corrected chi connectivity index (χ4v) is 2.49. The van der Waals surface area contributed by atoms with E-state index in [0.717, 1.165) is 43.1 Å². The number of aromatic nitrogens is 2. The zero-order valence-corrected chi connectivity index (χ0v) is 12.4. The van der Waals surface area contributed by atoms with Gasteiger partial charge in [0.25, 0.3) is 0 Å². The summed E-state index contributed by atoms with van der Waals surface area (Å²) >= 11 is 0. The highest BCUT2D eigenvalue weighted by molar-refractivity contribution is 5.61. The lowest BCUT2D eigenvalue weighted by molar-refractivity contribution is 0.378. The molecule has 3 rings (SSSR count). The van der Waals surface area contributed by atoms with Gasteiger partial charge in [-0.25, -0.2) is 0 Å². The third-order valence-corrected chi connectivity index (χ3v) is 3.66. The first-order valence-corrected chi connectivity index (χ1v) is 7.24. The Kier molecular flexibility index (Phi) is 4.01. The monoisotopic (exact) mass is 284 g/mol. The molecule has 2 N–H and O–H groups in total. The molecular formula is C16H20N4O. The Bertz CT molecular complexity index is 625. The van der Waals surface area contributed by atoms with Crippen molar-refractivity contribution in [1.82, 2.24) is 15.3 Å². The molecule has 2 heterocycles. The second-order valence-corrected chi connectivity index (χ2v) is 5.23. The van der Waals surface area contributed by atoms with E-state index in [-0.39, 0.29) is 0 Å². The van der Waals surface area contributed by atoms with Crippen molar-refractivity contribution in [3.05, 3.63) is 41.1 Å². The number of methoxy groups -OCH3 is 1.